The van der Waals surface area contributed by atoms with E-state index in [4.69, 9.17) is 4.74 Å². The Balaban J connectivity index is 1.67. The number of fused-ring (bicyclic) bond motifs is 1. The number of phenols is 1. The van der Waals surface area contributed by atoms with Gasteiger partial charge >= 0.3 is 5.97 Å². The van der Waals surface area contributed by atoms with Crippen LogP contribution >= 0.6 is 23.5 Å². The summed E-state index contributed by atoms with van der Waals surface area (Å²) in [6.45, 7) is 4.22. The van der Waals surface area contributed by atoms with Crippen LogP contribution in [0.2, 0.25) is 0 Å². The van der Waals surface area contributed by atoms with Crippen molar-refractivity contribution in [1.82, 2.24) is 10.6 Å². The first-order valence-electron chi connectivity index (χ1n) is 17.9. The molecule has 4 N–H and O–H groups in total. The number of aliphatic carboxylic acids is 1. The van der Waals surface area contributed by atoms with Crippen molar-refractivity contribution in [3.63, 3.8) is 0 Å². The van der Waals surface area contributed by atoms with E-state index in [-0.39, 0.29) is 28.6 Å². The quantitative estimate of drug-likeness (QED) is 0.0930. The molecular formula is C39H51N3O8S3. The van der Waals surface area contributed by atoms with E-state index in [9.17, 15) is 33.0 Å². The highest BCUT2D eigenvalue weighted by Crippen LogP contribution is 2.47. The number of carbonyl (C=O) groups excluding carboxylic acids is 2. The van der Waals surface area contributed by atoms with E-state index in [0.717, 1.165) is 44.2 Å². The van der Waals surface area contributed by atoms with Crippen LogP contribution < -0.4 is 20.3 Å². The van der Waals surface area contributed by atoms with Gasteiger partial charge in [-0.25, -0.2) is 13.2 Å². The van der Waals surface area contributed by atoms with Gasteiger partial charge in [0.15, 0.2) is 16.4 Å². The second-order valence-corrected chi connectivity index (χ2v) is 17.2. The maximum absolute atomic E-state index is 14.4. The molecule has 11 nitrogen and oxygen atoms in total. The van der Waals surface area contributed by atoms with Crippen LogP contribution in [0, 0.1) is 5.41 Å². The lowest BCUT2D eigenvalue weighted by molar-refractivity contribution is -0.142. The number of phenolic OH excluding ortho intramolecular Hbond substituents is 1. The number of rotatable bonds is 19. The smallest absolute Gasteiger partial charge is 0.326 e. The minimum Gasteiger partial charge on any atom is -0.508 e. The number of nitrogens with zero attached hydrogens (tertiary/aromatic N) is 1. The van der Waals surface area contributed by atoms with E-state index in [0.29, 0.717) is 28.4 Å². The third-order valence-corrected chi connectivity index (χ3v) is 12.8. The Kier molecular flexibility index (Phi) is 15.4. The molecule has 0 bridgehead atoms. The van der Waals surface area contributed by atoms with Gasteiger partial charge in [-0.2, -0.15) is 11.8 Å². The number of carbonyl (C=O) groups is 3. The van der Waals surface area contributed by atoms with Gasteiger partial charge in [0.25, 0.3) is 5.91 Å². The number of sulfone groups is 1. The van der Waals surface area contributed by atoms with Crippen molar-refractivity contribution in [1.29, 1.82) is 0 Å². The summed E-state index contributed by atoms with van der Waals surface area (Å²) in [7, 11) is -3.82. The molecule has 1 aliphatic rings. The standard InChI is InChI=1S/C39H51N3O8S3/c1-5-7-19-39(20-8-6-2)25-42(28-12-10-9-11-13-28)31-22-33(52-4)32(23-34(31)53(48,49)26-39)50-24-35(44)41-36(27-14-16-29(43)17-15-27)37(45)40-30(38(46)47)18-21-51-3/h9-17,22-23,30,36,43H,5-8,18-21,24-26H2,1-4H3,(H,40,45)(H,41,44)(H,46,47)/t30-,36+/m0/s1. The molecule has 2 amide bonds. The van der Waals surface area contributed by atoms with Crippen molar-refractivity contribution >= 4 is 62.5 Å². The van der Waals surface area contributed by atoms with Crippen molar-refractivity contribution in [3.8, 4) is 11.5 Å². The third kappa shape index (κ3) is 11.1. The number of carboxylic acids is 1. The topological polar surface area (TPSA) is 162 Å². The average molecular weight is 786 g/mol. The lowest BCUT2D eigenvalue weighted by atomic mass is 9.79. The van der Waals surface area contributed by atoms with Crippen molar-refractivity contribution < 1.29 is 37.8 Å². The number of carboxylic acid groups (broad SMARTS) is 1. The third-order valence-electron chi connectivity index (χ3n) is 9.43. The van der Waals surface area contributed by atoms with Crippen molar-refractivity contribution in [2.24, 2.45) is 5.41 Å². The van der Waals surface area contributed by atoms with Gasteiger partial charge in [0, 0.05) is 23.7 Å². The highest BCUT2D eigenvalue weighted by Gasteiger charge is 2.42. The van der Waals surface area contributed by atoms with Crippen LogP contribution in [0.3, 0.4) is 0 Å². The second-order valence-electron chi connectivity index (χ2n) is 13.4. The molecule has 0 spiro atoms. The molecule has 53 heavy (non-hydrogen) atoms. The molecule has 3 aromatic rings. The zero-order valence-electron chi connectivity index (χ0n) is 30.8. The van der Waals surface area contributed by atoms with Gasteiger partial charge in [0.05, 0.1) is 21.2 Å². The van der Waals surface area contributed by atoms with Gasteiger partial charge in [-0.05, 0) is 73.4 Å². The summed E-state index contributed by atoms with van der Waals surface area (Å²) in [6, 6.07) is 16.3. The van der Waals surface area contributed by atoms with Gasteiger partial charge in [0.2, 0.25) is 5.91 Å². The Hall–Kier alpha value is -3.88. The van der Waals surface area contributed by atoms with Crippen LogP contribution in [0.5, 0.6) is 11.5 Å². The average Bonchev–Trinajstić information content (AvgIpc) is 3.24. The van der Waals surface area contributed by atoms with Crippen LogP contribution in [0.25, 0.3) is 0 Å². The molecule has 1 heterocycles. The number of amides is 2. The molecule has 0 saturated carbocycles. The van der Waals surface area contributed by atoms with E-state index in [2.05, 4.69) is 29.4 Å². The largest absolute Gasteiger partial charge is 0.508 e. The highest BCUT2D eigenvalue weighted by molar-refractivity contribution is 7.98. The summed E-state index contributed by atoms with van der Waals surface area (Å²) in [5.74, 6) is -1.98. The Bertz CT molecular complexity index is 1800. The normalized spacial score (nSPS) is 15.7. The van der Waals surface area contributed by atoms with Gasteiger partial charge in [-0.1, -0.05) is 69.9 Å². The van der Waals surface area contributed by atoms with Crippen LogP contribution in [0.1, 0.15) is 70.4 Å². The van der Waals surface area contributed by atoms with Crippen molar-refractivity contribution in [2.75, 3.05) is 42.1 Å². The molecule has 0 fully saturated rings. The molecule has 14 heteroatoms. The van der Waals surface area contributed by atoms with Crippen molar-refractivity contribution in [2.45, 2.75) is 80.7 Å². The van der Waals surface area contributed by atoms with E-state index >= 15 is 0 Å². The monoisotopic (exact) mass is 785 g/mol. The Morgan fingerprint density at radius 1 is 0.962 bits per heavy atom. The maximum atomic E-state index is 14.4. The van der Waals surface area contributed by atoms with E-state index < -0.39 is 51.7 Å². The zero-order chi connectivity index (χ0) is 38.6. The van der Waals surface area contributed by atoms with E-state index in [1.54, 1.807) is 0 Å². The number of para-hydroxylation sites is 1. The molecule has 4 rings (SSSR count). The first kappa shape index (κ1) is 41.9. The number of hydrogen-bond acceptors (Lipinski definition) is 10. The first-order chi connectivity index (χ1) is 25.4. The Morgan fingerprint density at radius 3 is 2.21 bits per heavy atom. The minimum absolute atomic E-state index is 0.00736. The number of anilines is 2. The number of nitrogens with one attached hydrogen (secondary N) is 2. The number of thioether (sulfide) groups is 2. The number of unbranched alkanes of at least 4 members (excludes halogenated alkanes) is 2. The molecule has 0 saturated heterocycles. The second kappa shape index (κ2) is 19.4. The first-order valence-corrected chi connectivity index (χ1v) is 22.1. The molecule has 3 aromatic carbocycles. The molecule has 1 aliphatic heterocycles. The van der Waals surface area contributed by atoms with Gasteiger partial charge in [-0.3, -0.25) is 9.59 Å². The number of ether oxygens (including phenoxy) is 1. The molecule has 288 valence electrons. The van der Waals surface area contributed by atoms with Gasteiger partial charge in [-0.15, -0.1) is 11.8 Å². The van der Waals surface area contributed by atoms with Gasteiger partial charge in [0.1, 0.15) is 23.6 Å². The Morgan fingerprint density at radius 2 is 1.62 bits per heavy atom. The molecule has 0 radical (unpaired) electrons. The summed E-state index contributed by atoms with van der Waals surface area (Å²) >= 11 is 2.80. The SMILES string of the molecule is CCCCC1(CCCC)CN(c2ccccc2)c2cc(SC)c(OCC(=O)N[C@@H](C(=O)N[C@@H](CCSC)C(=O)O)c3ccc(O)cc3)cc2S(=O)(=O)C1. The molecular weight excluding hydrogens is 735 g/mol. The van der Waals surface area contributed by atoms with E-state index in [1.807, 2.05) is 48.9 Å². The summed E-state index contributed by atoms with van der Waals surface area (Å²) < 4.78 is 34.9. The van der Waals surface area contributed by atoms with Crippen LogP contribution in [0.4, 0.5) is 11.4 Å². The fourth-order valence-electron chi connectivity index (χ4n) is 6.64. The van der Waals surface area contributed by atoms with E-state index in [1.165, 1.54) is 53.9 Å². The zero-order valence-corrected chi connectivity index (χ0v) is 33.2. The summed E-state index contributed by atoms with van der Waals surface area (Å²) in [5, 5.41) is 24.7. The van der Waals surface area contributed by atoms with Crippen LogP contribution in [-0.4, -0.2) is 79.6 Å². The fourth-order valence-corrected chi connectivity index (χ4v) is 9.78. The van der Waals surface area contributed by atoms with Crippen LogP contribution in [0.15, 0.2) is 76.5 Å². The molecule has 2 atom stereocenters. The maximum Gasteiger partial charge on any atom is 0.326 e. The minimum atomic E-state index is -3.82. The summed E-state index contributed by atoms with van der Waals surface area (Å²) in [6.07, 6.45) is 9.15. The van der Waals surface area contributed by atoms with Gasteiger partial charge < -0.3 is 30.5 Å². The molecule has 0 unspecified atom stereocenters. The summed E-state index contributed by atoms with van der Waals surface area (Å²) in [4.78, 5) is 41.6. The molecule has 0 aromatic heterocycles. The lowest BCUT2D eigenvalue weighted by Crippen LogP contribution is -2.48. The fraction of sp³-hybridized carbons (Fsp3) is 0.462. The van der Waals surface area contributed by atoms with Crippen LogP contribution in [-0.2, 0) is 24.2 Å². The van der Waals surface area contributed by atoms with Crippen molar-refractivity contribution in [3.05, 3.63) is 72.3 Å². The number of hydrogen-bond donors (Lipinski definition) is 4. The summed E-state index contributed by atoms with van der Waals surface area (Å²) in [5.41, 5.74) is 1.30. The lowest BCUT2D eigenvalue weighted by Gasteiger charge is -2.37. The Labute approximate surface area is 321 Å². The predicted molar refractivity (Wildman–Crippen MR) is 212 cm³/mol. The molecule has 0 aliphatic carbocycles. The number of benzene rings is 3. The number of aromatic hydroxyl groups is 1. The predicted octanol–water partition coefficient (Wildman–Crippen LogP) is 6.97. The highest BCUT2D eigenvalue weighted by atomic mass is 32.2.